The quantitative estimate of drug-likeness (QED) is 0.557. The minimum atomic E-state index is -0.653. The normalized spacial score (nSPS) is 21.8. The number of carboxylic acids is 1. The molecule has 0 aromatic carbocycles. The summed E-state index contributed by atoms with van der Waals surface area (Å²) in [6, 6.07) is 0. The highest BCUT2D eigenvalue weighted by molar-refractivity contribution is 6.04. The lowest BCUT2D eigenvalue weighted by Gasteiger charge is -2.28. The summed E-state index contributed by atoms with van der Waals surface area (Å²) in [6.07, 6.45) is 2.44. The van der Waals surface area contributed by atoms with Gasteiger partial charge in [0.2, 0.25) is 0 Å². The summed E-state index contributed by atoms with van der Waals surface area (Å²) in [6.45, 7) is 2.11. The standard InChI is InChI=1S/C7H14BNO2/c8-9-3-1-6(2-4-9)5-7(10)11/h6H,1-5,8H2,(H,10,11). The molecule has 1 N–H and O–H groups in total. The molecule has 0 amide bonds. The molecule has 1 aliphatic rings. The predicted octanol–water partition coefficient (Wildman–Crippen LogP) is -0.279. The van der Waals surface area contributed by atoms with Crippen LogP contribution in [-0.2, 0) is 4.79 Å². The zero-order valence-corrected chi connectivity index (χ0v) is 6.92. The van der Waals surface area contributed by atoms with Crippen LogP contribution in [0.2, 0.25) is 0 Å². The van der Waals surface area contributed by atoms with Crippen LogP contribution in [0.1, 0.15) is 19.3 Å². The maximum atomic E-state index is 10.3. The van der Waals surface area contributed by atoms with Crippen molar-refractivity contribution in [1.82, 2.24) is 4.81 Å². The Morgan fingerprint density at radius 3 is 2.55 bits per heavy atom. The van der Waals surface area contributed by atoms with Gasteiger partial charge in [0.05, 0.1) is 0 Å². The number of nitrogens with zero attached hydrogens (tertiary/aromatic N) is 1. The second kappa shape index (κ2) is 3.76. The molecule has 0 spiro atoms. The van der Waals surface area contributed by atoms with Crippen LogP contribution in [0, 0.1) is 5.92 Å². The molecule has 62 valence electrons. The molecule has 0 unspecified atom stereocenters. The molecule has 0 aliphatic carbocycles. The largest absolute Gasteiger partial charge is 0.481 e. The SMILES string of the molecule is BN1CCC(CC(=O)O)CC1. The third-order valence-electron chi connectivity index (χ3n) is 2.30. The van der Waals surface area contributed by atoms with Gasteiger partial charge in [0, 0.05) is 6.42 Å². The monoisotopic (exact) mass is 155 g/mol. The van der Waals surface area contributed by atoms with E-state index in [1.165, 1.54) is 0 Å². The summed E-state index contributed by atoms with van der Waals surface area (Å²) < 4.78 is 0. The minimum absolute atomic E-state index is 0.355. The average Bonchev–Trinajstić information content (AvgIpc) is 1.93. The van der Waals surface area contributed by atoms with Crippen molar-refractivity contribution in [2.75, 3.05) is 13.1 Å². The summed E-state index contributed by atoms with van der Waals surface area (Å²) in [5.41, 5.74) is 0. The van der Waals surface area contributed by atoms with Crippen LogP contribution < -0.4 is 0 Å². The van der Waals surface area contributed by atoms with Gasteiger partial charge in [-0.2, -0.15) is 0 Å². The van der Waals surface area contributed by atoms with E-state index in [4.69, 9.17) is 5.11 Å². The Labute approximate surface area is 67.8 Å². The zero-order valence-electron chi connectivity index (χ0n) is 6.92. The fourth-order valence-electron chi connectivity index (χ4n) is 1.51. The molecule has 0 saturated carbocycles. The summed E-state index contributed by atoms with van der Waals surface area (Å²) in [7, 11) is 2.08. The van der Waals surface area contributed by atoms with E-state index in [1.807, 2.05) is 0 Å². The van der Waals surface area contributed by atoms with Crippen molar-refractivity contribution < 1.29 is 9.90 Å². The van der Waals surface area contributed by atoms with Crippen LogP contribution >= 0.6 is 0 Å². The first-order chi connectivity index (χ1) is 5.18. The molecule has 4 heteroatoms. The Hall–Kier alpha value is -0.505. The van der Waals surface area contributed by atoms with Crippen molar-refractivity contribution in [3.05, 3.63) is 0 Å². The average molecular weight is 155 g/mol. The van der Waals surface area contributed by atoms with E-state index in [-0.39, 0.29) is 0 Å². The molecule has 0 bridgehead atoms. The van der Waals surface area contributed by atoms with Crippen molar-refractivity contribution in [2.24, 2.45) is 5.92 Å². The zero-order chi connectivity index (χ0) is 8.27. The van der Waals surface area contributed by atoms with Crippen LogP contribution in [0.15, 0.2) is 0 Å². The molecular formula is C7H14BNO2. The van der Waals surface area contributed by atoms with Gasteiger partial charge in [-0.1, -0.05) is 0 Å². The first-order valence-electron chi connectivity index (χ1n) is 4.09. The Kier molecular flexibility index (Phi) is 2.94. The summed E-state index contributed by atoms with van der Waals surface area (Å²) >= 11 is 0. The third-order valence-corrected chi connectivity index (χ3v) is 2.30. The van der Waals surface area contributed by atoms with Gasteiger partial charge in [-0.05, 0) is 31.8 Å². The third kappa shape index (κ3) is 2.93. The smallest absolute Gasteiger partial charge is 0.303 e. The second-order valence-corrected chi connectivity index (χ2v) is 3.34. The van der Waals surface area contributed by atoms with Crippen LogP contribution in [0.25, 0.3) is 0 Å². The van der Waals surface area contributed by atoms with Gasteiger partial charge in [0.25, 0.3) is 0 Å². The summed E-state index contributed by atoms with van der Waals surface area (Å²) in [5.74, 6) is -0.233. The van der Waals surface area contributed by atoms with E-state index in [2.05, 4.69) is 12.8 Å². The Balaban J connectivity index is 2.22. The predicted molar refractivity (Wildman–Crippen MR) is 45.1 cm³/mol. The number of piperidine rings is 1. The number of carboxylic acid groups (broad SMARTS) is 1. The lowest BCUT2D eigenvalue weighted by Crippen LogP contribution is -2.32. The van der Waals surface area contributed by atoms with Crippen LogP contribution in [0.5, 0.6) is 0 Å². The molecule has 1 saturated heterocycles. The van der Waals surface area contributed by atoms with Crippen LogP contribution in [-0.4, -0.2) is 37.0 Å². The minimum Gasteiger partial charge on any atom is -0.481 e. The molecule has 1 aliphatic heterocycles. The topological polar surface area (TPSA) is 40.5 Å². The van der Waals surface area contributed by atoms with Gasteiger partial charge in [-0.15, -0.1) is 0 Å². The van der Waals surface area contributed by atoms with E-state index in [0.717, 1.165) is 25.9 Å². The number of hydrogen-bond donors (Lipinski definition) is 1. The van der Waals surface area contributed by atoms with E-state index < -0.39 is 5.97 Å². The Morgan fingerprint density at radius 1 is 1.55 bits per heavy atom. The number of rotatable bonds is 2. The molecular weight excluding hydrogens is 141 g/mol. The van der Waals surface area contributed by atoms with Crippen LogP contribution in [0.4, 0.5) is 0 Å². The highest BCUT2D eigenvalue weighted by atomic mass is 16.4. The van der Waals surface area contributed by atoms with Gasteiger partial charge < -0.3 is 9.92 Å². The molecule has 1 fully saturated rings. The first kappa shape index (κ1) is 8.59. The molecule has 11 heavy (non-hydrogen) atoms. The fraction of sp³-hybridized carbons (Fsp3) is 0.857. The number of carbonyl (C=O) groups is 1. The van der Waals surface area contributed by atoms with E-state index in [1.54, 1.807) is 0 Å². The molecule has 0 radical (unpaired) electrons. The van der Waals surface area contributed by atoms with Crippen molar-refractivity contribution >= 4 is 14.0 Å². The highest BCUT2D eigenvalue weighted by Gasteiger charge is 2.18. The van der Waals surface area contributed by atoms with Crippen molar-refractivity contribution in [3.8, 4) is 0 Å². The molecule has 0 aromatic heterocycles. The van der Waals surface area contributed by atoms with Gasteiger partial charge in [0.15, 0.2) is 7.98 Å². The molecule has 0 atom stereocenters. The molecule has 0 aromatic rings. The van der Waals surface area contributed by atoms with Crippen molar-refractivity contribution in [3.63, 3.8) is 0 Å². The van der Waals surface area contributed by atoms with Gasteiger partial charge >= 0.3 is 5.97 Å². The maximum absolute atomic E-state index is 10.3. The number of aliphatic carboxylic acids is 1. The van der Waals surface area contributed by atoms with Crippen molar-refractivity contribution in [1.29, 1.82) is 0 Å². The first-order valence-corrected chi connectivity index (χ1v) is 4.09. The lowest BCUT2D eigenvalue weighted by molar-refractivity contribution is -0.138. The molecule has 3 nitrogen and oxygen atoms in total. The lowest BCUT2D eigenvalue weighted by atomic mass is 9.92. The summed E-state index contributed by atoms with van der Waals surface area (Å²) in [4.78, 5) is 12.6. The Morgan fingerprint density at radius 2 is 2.09 bits per heavy atom. The van der Waals surface area contributed by atoms with Crippen molar-refractivity contribution in [2.45, 2.75) is 19.3 Å². The molecule has 1 heterocycles. The fourth-order valence-corrected chi connectivity index (χ4v) is 1.51. The molecule has 1 rings (SSSR count). The Bertz CT molecular complexity index is 143. The number of hydrogen-bond acceptors (Lipinski definition) is 2. The van der Waals surface area contributed by atoms with E-state index in [0.29, 0.717) is 12.3 Å². The van der Waals surface area contributed by atoms with E-state index in [9.17, 15) is 4.79 Å². The maximum Gasteiger partial charge on any atom is 0.303 e. The van der Waals surface area contributed by atoms with Crippen LogP contribution in [0.3, 0.4) is 0 Å². The van der Waals surface area contributed by atoms with Gasteiger partial charge in [0.1, 0.15) is 0 Å². The second-order valence-electron chi connectivity index (χ2n) is 3.34. The van der Waals surface area contributed by atoms with Gasteiger partial charge in [-0.3, -0.25) is 4.79 Å². The summed E-state index contributed by atoms with van der Waals surface area (Å²) in [5, 5.41) is 8.52. The van der Waals surface area contributed by atoms with Gasteiger partial charge in [-0.25, -0.2) is 0 Å². The van der Waals surface area contributed by atoms with E-state index >= 15 is 0 Å². The highest BCUT2D eigenvalue weighted by Crippen LogP contribution is 2.18.